The maximum Gasteiger partial charge on any atom is 0.455 e. The zero-order valence-corrected chi connectivity index (χ0v) is 18.5. The summed E-state index contributed by atoms with van der Waals surface area (Å²) in [4.78, 5) is 24.1. The molecule has 0 saturated heterocycles. The summed E-state index contributed by atoms with van der Waals surface area (Å²) in [5.74, 6) is -2.76. The van der Waals surface area contributed by atoms with Gasteiger partial charge in [-0.2, -0.15) is 13.2 Å². The lowest BCUT2D eigenvalue weighted by atomic mass is 9.81. The normalized spacial score (nSPS) is 14.1. The molecule has 1 aromatic heterocycles. The maximum atomic E-state index is 13.1. The third-order valence-corrected chi connectivity index (χ3v) is 6.46. The van der Waals surface area contributed by atoms with Crippen LogP contribution in [0.2, 0.25) is 0 Å². The number of hydrogen-bond donors (Lipinski definition) is 0. The minimum absolute atomic E-state index is 0.0261. The molecule has 0 aliphatic heterocycles. The molecule has 0 unspecified atom stereocenters. The first-order valence-corrected chi connectivity index (χ1v) is 10.5. The van der Waals surface area contributed by atoms with Crippen LogP contribution < -0.4 is 10.4 Å². The van der Waals surface area contributed by atoms with Crippen molar-refractivity contribution in [1.29, 1.82) is 0 Å². The summed E-state index contributed by atoms with van der Waals surface area (Å²) in [5.41, 5.74) is 3.41. The van der Waals surface area contributed by atoms with Crippen LogP contribution in [-0.2, 0) is 5.41 Å². The van der Waals surface area contributed by atoms with Gasteiger partial charge in [0.05, 0.1) is 12.5 Å². The summed E-state index contributed by atoms with van der Waals surface area (Å²) in [7, 11) is 1.11. The number of carbonyl (C=O) groups is 1. The van der Waals surface area contributed by atoms with E-state index in [4.69, 9.17) is 9.15 Å². The lowest BCUT2D eigenvalue weighted by Gasteiger charge is -2.22. The fraction of sp³-hybridized carbons (Fsp3) is 0.185. The highest BCUT2D eigenvalue weighted by Gasteiger charge is 2.43. The number of benzene rings is 3. The Hall–Kier alpha value is -3.87. The number of methoxy groups -OCH3 is 1. The Kier molecular flexibility index (Phi) is 4.72. The molecular formula is C27H19F3O4. The van der Waals surface area contributed by atoms with Gasteiger partial charge in [0.25, 0.3) is 5.78 Å². The van der Waals surface area contributed by atoms with Gasteiger partial charge in [0.2, 0.25) is 0 Å². The lowest BCUT2D eigenvalue weighted by Crippen LogP contribution is -2.28. The number of halogens is 3. The van der Waals surface area contributed by atoms with Crippen LogP contribution in [0.15, 0.2) is 69.9 Å². The molecule has 34 heavy (non-hydrogen) atoms. The third-order valence-electron chi connectivity index (χ3n) is 6.46. The van der Waals surface area contributed by atoms with Gasteiger partial charge in [-0.25, -0.2) is 4.79 Å². The van der Waals surface area contributed by atoms with Crippen molar-refractivity contribution in [3.8, 4) is 28.0 Å². The van der Waals surface area contributed by atoms with Crippen molar-refractivity contribution in [2.45, 2.75) is 25.4 Å². The molecule has 1 aliphatic carbocycles. The molecule has 3 aromatic carbocycles. The van der Waals surface area contributed by atoms with Crippen LogP contribution in [0.25, 0.3) is 33.2 Å². The second-order valence-electron chi connectivity index (χ2n) is 8.77. The highest BCUT2D eigenvalue weighted by Crippen LogP contribution is 2.49. The van der Waals surface area contributed by atoms with Gasteiger partial charge < -0.3 is 9.15 Å². The number of ether oxygens (including phenoxy) is 1. The number of alkyl halides is 3. The Labute approximate surface area is 192 Å². The number of fused-ring (bicyclic) bond motifs is 4. The molecule has 7 heteroatoms. The quantitative estimate of drug-likeness (QED) is 0.256. The highest BCUT2D eigenvalue weighted by atomic mass is 19.4. The van der Waals surface area contributed by atoms with E-state index in [1.54, 1.807) is 12.1 Å². The Bertz CT molecular complexity index is 1540. The molecule has 0 amide bonds. The van der Waals surface area contributed by atoms with E-state index in [0.29, 0.717) is 5.56 Å². The van der Waals surface area contributed by atoms with Crippen LogP contribution >= 0.6 is 0 Å². The molecule has 0 bridgehead atoms. The van der Waals surface area contributed by atoms with Crippen LogP contribution in [0, 0.1) is 0 Å². The van der Waals surface area contributed by atoms with Gasteiger partial charge in [-0.1, -0.05) is 56.3 Å². The fourth-order valence-corrected chi connectivity index (χ4v) is 4.79. The standard InChI is InChI=1S/C27H19F3O4/c1-26(2)19-7-5-4-6-16(19)17-10-8-15(13-20(17)26)14-9-11-21-18(12-14)23(33-3)22(25(32)34-21)24(31)27(28,29)30/h4-13H,1-3H3. The molecule has 172 valence electrons. The van der Waals surface area contributed by atoms with Crippen LogP contribution in [-0.4, -0.2) is 19.1 Å². The summed E-state index contributed by atoms with van der Waals surface area (Å²) in [6.07, 6.45) is -5.24. The van der Waals surface area contributed by atoms with Crippen LogP contribution in [0.4, 0.5) is 13.2 Å². The van der Waals surface area contributed by atoms with E-state index >= 15 is 0 Å². The molecular weight excluding hydrogens is 445 g/mol. The lowest BCUT2D eigenvalue weighted by molar-refractivity contribution is -0.0888. The van der Waals surface area contributed by atoms with Gasteiger partial charge in [-0.05, 0) is 51.6 Å². The molecule has 0 N–H and O–H groups in total. The Morgan fingerprint density at radius 2 is 1.56 bits per heavy atom. The molecule has 0 spiro atoms. The zero-order valence-electron chi connectivity index (χ0n) is 18.5. The van der Waals surface area contributed by atoms with Crippen LogP contribution in [0.1, 0.15) is 35.3 Å². The molecule has 0 radical (unpaired) electrons. The minimum atomic E-state index is -5.24. The molecule has 4 aromatic rings. The molecule has 4 nitrogen and oxygen atoms in total. The summed E-state index contributed by atoms with van der Waals surface area (Å²) < 4.78 is 49.5. The number of hydrogen-bond acceptors (Lipinski definition) is 4. The van der Waals surface area contributed by atoms with Crippen molar-refractivity contribution in [2.75, 3.05) is 7.11 Å². The second kappa shape index (κ2) is 7.32. The molecule has 0 atom stereocenters. The van der Waals surface area contributed by atoms with E-state index in [2.05, 4.69) is 32.0 Å². The van der Waals surface area contributed by atoms with Gasteiger partial charge in [0, 0.05) is 5.41 Å². The topological polar surface area (TPSA) is 56.5 Å². The third kappa shape index (κ3) is 3.15. The Balaban J connectivity index is 1.70. The number of Topliss-reactive ketones (excluding diaryl/α,β-unsaturated/α-hetero) is 1. The van der Waals surface area contributed by atoms with Crippen molar-refractivity contribution in [2.24, 2.45) is 0 Å². The summed E-state index contributed by atoms with van der Waals surface area (Å²) >= 11 is 0. The van der Waals surface area contributed by atoms with Crippen molar-refractivity contribution in [1.82, 2.24) is 0 Å². The van der Waals surface area contributed by atoms with E-state index in [9.17, 15) is 22.8 Å². The van der Waals surface area contributed by atoms with Crippen LogP contribution in [0.5, 0.6) is 5.75 Å². The fourth-order valence-electron chi connectivity index (χ4n) is 4.79. The highest BCUT2D eigenvalue weighted by molar-refractivity contribution is 6.06. The monoisotopic (exact) mass is 464 g/mol. The van der Waals surface area contributed by atoms with Crippen molar-refractivity contribution in [3.05, 3.63) is 87.8 Å². The number of rotatable bonds is 3. The summed E-state index contributed by atoms with van der Waals surface area (Å²) in [6, 6.07) is 19.0. The van der Waals surface area contributed by atoms with E-state index < -0.39 is 28.9 Å². The average Bonchev–Trinajstić information content (AvgIpc) is 3.03. The Morgan fingerprint density at radius 1 is 0.912 bits per heavy atom. The van der Waals surface area contributed by atoms with Gasteiger partial charge >= 0.3 is 11.8 Å². The summed E-state index contributed by atoms with van der Waals surface area (Å²) in [6.45, 7) is 4.29. The Morgan fingerprint density at radius 3 is 2.26 bits per heavy atom. The molecule has 1 aliphatic rings. The van der Waals surface area contributed by atoms with Crippen LogP contribution in [0.3, 0.4) is 0 Å². The molecule has 5 rings (SSSR count). The first-order valence-electron chi connectivity index (χ1n) is 10.5. The second-order valence-corrected chi connectivity index (χ2v) is 8.77. The summed E-state index contributed by atoms with van der Waals surface area (Å²) in [5, 5.41) is 0.107. The van der Waals surface area contributed by atoms with Gasteiger partial charge in [0.1, 0.15) is 11.3 Å². The predicted molar refractivity (Wildman–Crippen MR) is 122 cm³/mol. The van der Waals surface area contributed by atoms with E-state index in [1.165, 1.54) is 17.2 Å². The molecule has 0 saturated carbocycles. The SMILES string of the molecule is COc1c(C(=O)C(F)(F)F)c(=O)oc2ccc(-c3ccc4c(c3)C(C)(C)c3ccccc3-4)cc12. The largest absolute Gasteiger partial charge is 0.495 e. The zero-order chi connectivity index (χ0) is 24.4. The van der Waals surface area contributed by atoms with E-state index in [1.807, 2.05) is 24.3 Å². The molecule has 1 heterocycles. The van der Waals surface area contributed by atoms with E-state index in [0.717, 1.165) is 23.8 Å². The molecule has 0 fully saturated rings. The van der Waals surface area contributed by atoms with Gasteiger partial charge in [0.15, 0.2) is 5.56 Å². The number of carbonyl (C=O) groups excluding carboxylic acids is 1. The van der Waals surface area contributed by atoms with Crippen molar-refractivity contribution in [3.63, 3.8) is 0 Å². The number of ketones is 1. The minimum Gasteiger partial charge on any atom is -0.495 e. The van der Waals surface area contributed by atoms with Gasteiger partial charge in [-0.3, -0.25) is 4.79 Å². The average molecular weight is 464 g/mol. The smallest absolute Gasteiger partial charge is 0.455 e. The van der Waals surface area contributed by atoms with Gasteiger partial charge in [-0.15, -0.1) is 0 Å². The first kappa shape index (κ1) is 21.9. The van der Waals surface area contributed by atoms with Crippen molar-refractivity contribution < 1.29 is 27.1 Å². The first-order chi connectivity index (χ1) is 16.0. The van der Waals surface area contributed by atoms with Crippen molar-refractivity contribution >= 4 is 16.8 Å². The maximum absolute atomic E-state index is 13.1. The van der Waals surface area contributed by atoms with E-state index in [-0.39, 0.29) is 16.4 Å². The predicted octanol–water partition coefficient (Wildman–Crippen LogP) is 6.52.